The zero-order chi connectivity index (χ0) is 14.9. The second-order valence-corrected chi connectivity index (χ2v) is 7.22. The van der Waals surface area contributed by atoms with Crippen LogP contribution < -0.4 is 4.72 Å². The largest absolute Gasteiger partial charge is 0.478 e. The summed E-state index contributed by atoms with van der Waals surface area (Å²) in [7, 11) is -3.82. The first kappa shape index (κ1) is 14.5. The van der Waals surface area contributed by atoms with E-state index in [4.69, 9.17) is 5.11 Å². The smallest absolute Gasteiger partial charge is 0.337 e. The Morgan fingerprint density at radius 1 is 1.40 bits per heavy atom. The summed E-state index contributed by atoms with van der Waals surface area (Å²) in [6.45, 7) is 3.51. The Morgan fingerprint density at radius 3 is 2.65 bits per heavy atom. The van der Waals surface area contributed by atoms with Crippen molar-refractivity contribution >= 4 is 33.0 Å². The molecule has 2 aromatic heterocycles. The van der Waals surface area contributed by atoms with E-state index in [1.165, 1.54) is 29.8 Å². The number of aryl methyl sites for hydroxylation is 2. The number of hydrogen-bond donors (Lipinski definition) is 2. The minimum Gasteiger partial charge on any atom is -0.478 e. The van der Waals surface area contributed by atoms with E-state index < -0.39 is 16.0 Å². The lowest BCUT2D eigenvalue weighted by molar-refractivity contribution is 0.0698. The molecule has 0 saturated carbocycles. The molecule has 0 bridgehead atoms. The quantitative estimate of drug-likeness (QED) is 0.902. The van der Waals surface area contributed by atoms with Crippen LogP contribution in [-0.4, -0.2) is 24.5 Å². The monoisotopic (exact) mass is 312 g/mol. The molecule has 8 heteroatoms. The molecule has 0 amide bonds. The van der Waals surface area contributed by atoms with Gasteiger partial charge in [0.2, 0.25) is 0 Å². The summed E-state index contributed by atoms with van der Waals surface area (Å²) in [5, 5.41) is 9.03. The number of hydrogen-bond acceptors (Lipinski definition) is 5. The predicted octanol–water partition coefficient (Wildman–Crippen LogP) is 2.26. The van der Waals surface area contributed by atoms with Crippen molar-refractivity contribution in [2.45, 2.75) is 18.7 Å². The van der Waals surface area contributed by atoms with Crippen molar-refractivity contribution < 1.29 is 18.3 Å². The summed E-state index contributed by atoms with van der Waals surface area (Å²) < 4.78 is 26.8. The van der Waals surface area contributed by atoms with Crippen molar-refractivity contribution in [3.05, 3.63) is 39.8 Å². The van der Waals surface area contributed by atoms with Gasteiger partial charge >= 0.3 is 5.97 Å². The summed E-state index contributed by atoms with van der Waals surface area (Å²) in [6.07, 6.45) is 2.47. The minimum absolute atomic E-state index is 0.0525. The molecular formula is C12H12N2O4S2. The lowest BCUT2D eigenvalue weighted by Crippen LogP contribution is -2.16. The van der Waals surface area contributed by atoms with Crippen molar-refractivity contribution in [1.82, 2.24) is 4.98 Å². The van der Waals surface area contributed by atoms with Gasteiger partial charge in [-0.15, -0.1) is 11.3 Å². The van der Waals surface area contributed by atoms with E-state index in [1.807, 2.05) is 6.92 Å². The Balaban J connectivity index is 2.44. The van der Waals surface area contributed by atoms with E-state index in [9.17, 15) is 13.2 Å². The molecular weight excluding hydrogens is 300 g/mol. The molecule has 0 aliphatic heterocycles. The lowest BCUT2D eigenvalue weighted by Gasteiger charge is -2.09. The van der Waals surface area contributed by atoms with Crippen LogP contribution in [0.2, 0.25) is 0 Å². The van der Waals surface area contributed by atoms with Gasteiger partial charge in [0.1, 0.15) is 4.90 Å². The molecule has 0 unspecified atom stereocenters. The van der Waals surface area contributed by atoms with Crippen molar-refractivity contribution in [3.63, 3.8) is 0 Å². The van der Waals surface area contributed by atoms with Gasteiger partial charge in [0, 0.05) is 16.0 Å². The fraction of sp³-hybridized carbons (Fsp3) is 0.167. The summed E-state index contributed by atoms with van der Waals surface area (Å²) >= 11 is 1.37. The molecule has 2 N–H and O–H groups in total. The maximum atomic E-state index is 12.3. The fourth-order valence-corrected chi connectivity index (χ4v) is 4.36. The van der Waals surface area contributed by atoms with Crippen LogP contribution in [0, 0.1) is 13.8 Å². The number of carboxylic acids is 1. The number of aromatic nitrogens is 1. The average molecular weight is 312 g/mol. The Hall–Kier alpha value is -1.93. The molecule has 2 aromatic rings. The van der Waals surface area contributed by atoms with Gasteiger partial charge < -0.3 is 5.11 Å². The molecule has 2 rings (SSSR count). The van der Waals surface area contributed by atoms with E-state index in [-0.39, 0.29) is 16.1 Å². The zero-order valence-corrected chi connectivity index (χ0v) is 12.4. The van der Waals surface area contributed by atoms with Gasteiger partial charge in [0.05, 0.1) is 17.4 Å². The number of carboxylic acid groups (broad SMARTS) is 1. The number of nitrogens with one attached hydrogen (secondary N) is 1. The van der Waals surface area contributed by atoms with Crippen LogP contribution in [0.15, 0.2) is 29.4 Å². The Bertz CT molecular complexity index is 766. The van der Waals surface area contributed by atoms with Crippen molar-refractivity contribution in [2.75, 3.05) is 4.72 Å². The zero-order valence-electron chi connectivity index (χ0n) is 10.7. The van der Waals surface area contributed by atoms with E-state index in [2.05, 4.69) is 9.71 Å². The number of rotatable bonds is 4. The molecule has 0 aliphatic rings. The molecule has 0 aromatic carbocycles. The van der Waals surface area contributed by atoms with Crippen LogP contribution in [0.3, 0.4) is 0 Å². The molecule has 0 spiro atoms. The second-order valence-electron chi connectivity index (χ2n) is 4.11. The van der Waals surface area contributed by atoms with Gasteiger partial charge in [0.25, 0.3) is 10.0 Å². The summed E-state index contributed by atoms with van der Waals surface area (Å²) in [5.41, 5.74) is -0.198. The second kappa shape index (κ2) is 5.22. The summed E-state index contributed by atoms with van der Waals surface area (Å²) in [5.74, 6) is -1.22. The maximum absolute atomic E-state index is 12.3. The lowest BCUT2D eigenvalue weighted by atomic mass is 10.2. The van der Waals surface area contributed by atoms with E-state index in [0.29, 0.717) is 4.88 Å². The van der Waals surface area contributed by atoms with Crippen LogP contribution in [-0.2, 0) is 10.0 Å². The maximum Gasteiger partial charge on any atom is 0.337 e. The van der Waals surface area contributed by atoms with E-state index in [1.54, 1.807) is 13.0 Å². The first-order valence-corrected chi connectivity index (χ1v) is 7.88. The van der Waals surface area contributed by atoms with Crippen LogP contribution in [0.1, 0.15) is 20.1 Å². The third kappa shape index (κ3) is 2.81. The van der Waals surface area contributed by atoms with Gasteiger partial charge in [0.15, 0.2) is 0 Å². The highest BCUT2D eigenvalue weighted by Gasteiger charge is 2.21. The highest BCUT2D eigenvalue weighted by Crippen LogP contribution is 2.27. The van der Waals surface area contributed by atoms with Crippen molar-refractivity contribution in [3.8, 4) is 0 Å². The molecule has 6 nitrogen and oxygen atoms in total. The highest BCUT2D eigenvalue weighted by atomic mass is 32.2. The number of thiophene rings is 1. The number of nitrogens with zero attached hydrogens (tertiary/aromatic N) is 1. The molecule has 2 heterocycles. The van der Waals surface area contributed by atoms with Crippen molar-refractivity contribution in [1.29, 1.82) is 0 Å². The normalized spacial score (nSPS) is 11.3. The van der Waals surface area contributed by atoms with Gasteiger partial charge in [-0.3, -0.25) is 9.71 Å². The number of pyridine rings is 1. The third-order valence-electron chi connectivity index (χ3n) is 2.58. The van der Waals surface area contributed by atoms with Crippen LogP contribution in [0.5, 0.6) is 0 Å². The number of sulfonamides is 1. The van der Waals surface area contributed by atoms with Gasteiger partial charge in [-0.2, -0.15) is 0 Å². The van der Waals surface area contributed by atoms with E-state index >= 15 is 0 Å². The summed E-state index contributed by atoms with van der Waals surface area (Å²) in [4.78, 5) is 16.5. The predicted molar refractivity (Wildman–Crippen MR) is 75.8 cm³/mol. The summed E-state index contributed by atoms with van der Waals surface area (Å²) in [6, 6.07) is 2.80. The van der Waals surface area contributed by atoms with Crippen molar-refractivity contribution in [2.24, 2.45) is 0 Å². The number of anilines is 1. The standard InChI is InChI=1S/C12H12N2O4S2/c1-7-5-11(8(2)19-7)20(17,18)14-10-6-13-4-3-9(10)12(15)16/h3-6,14H,1-2H3,(H,15,16). The van der Waals surface area contributed by atoms with Crippen LogP contribution in [0.4, 0.5) is 5.69 Å². The molecule has 0 aliphatic carbocycles. The number of aromatic carboxylic acids is 1. The molecule has 106 valence electrons. The Morgan fingerprint density at radius 2 is 2.10 bits per heavy atom. The molecule has 0 fully saturated rings. The average Bonchev–Trinajstić information content (AvgIpc) is 2.69. The Kier molecular flexibility index (Phi) is 3.78. The number of carbonyl (C=O) groups is 1. The first-order chi connectivity index (χ1) is 9.31. The SMILES string of the molecule is Cc1cc(S(=O)(=O)Nc2cnccc2C(=O)O)c(C)s1. The first-order valence-electron chi connectivity index (χ1n) is 5.58. The highest BCUT2D eigenvalue weighted by molar-refractivity contribution is 7.93. The molecule has 0 atom stereocenters. The van der Waals surface area contributed by atoms with Crippen LogP contribution >= 0.6 is 11.3 Å². The van der Waals surface area contributed by atoms with Gasteiger partial charge in [-0.05, 0) is 26.0 Å². The molecule has 0 radical (unpaired) electrons. The molecule has 20 heavy (non-hydrogen) atoms. The van der Waals surface area contributed by atoms with Crippen LogP contribution in [0.25, 0.3) is 0 Å². The minimum atomic E-state index is -3.82. The topological polar surface area (TPSA) is 96.4 Å². The fourth-order valence-electron chi connectivity index (χ4n) is 1.74. The van der Waals surface area contributed by atoms with Gasteiger partial charge in [-0.25, -0.2) is 13.2 Å². The third-order valence-corrected chi connectivity index (χ3v) is 5.17. The van der Waals surface area contributed by atoms with Gasteiger partial charge in [-0.1, -0.05) is 0 Å². The molecule has 0 saturated heterocycles. The Labute approximate surface area is 120 Å². The van der Waals surface area contributed by atoms with E-state index in [0.717, 1.165) is 4.88 Å².